The van der Waals surface area contributed by atoms with Gasteiger partial charge in [0.15, 0.2) is 0 Å². The molecule has 0 aliphatic carbocycles. The predicted molar refractivity (Wildman–Crippen MR) is 80.3 cm³/mol. The van der Waals surface area contributed by atoms with Gasteiger partial charge in [-0.3, -0.25) is 4.79 Å². The predicted octanol–water partition coefficient (Wildman–Crippen LogP) is 2.88. The van der Waals surface area contributed by atoms with Crippen molar-refractivity contribution in [3.8, 4) is 0 Å². The van der Waals surface area contributed by atoms with Crippen molar-refractivity contribution in [1.82, 2.24) is 0 Å². The first-order valence-corrected chi connectivity index (χ1v) is 6.11. The van der Waals surface area contributed by atoms with Crippen LogP contribution in [0.4, 0.5) is 14.5 Å². The Morgan fingerprint density at radius 3 is 2.24 bits per heavy atom. The van der Waals surface area contributed by atoms with Crippen LogP contribution in [-0.4, -0.2) is 12.5 Å². The number of amides is 1. The van der Waals surface area contributed by atoms with E-state index in [2.05, 4.69) is 0 Å². The molecule has 2 aromatic rings. The minimum Gasteiger partial charge on any atom is -0.322 e. The van der Waals surface area contributed by atoms with E-state index in [0.29, 0.717) is 11.3 Å². The molecule has 0 aliphatic rings. The number of hydrogen-bond acceptors (Lipinski definition) is 2. The highest BCUT2D eigenvalue weighted by atomic mass is 35.5. The zero-order chi connectivity index (χ0) is 14.5. The first kappa shape index (κ1) is 17.1. The first-order chi connectivity index (χ1) is 9.61. The third kappa shape index (κ3) is 4.24. The molecule has 0 spiro atoms. The Labute approximate surface area is 127 Å². The number of rotatable bonds is 4. The van der Waals surface area contributed by atoms with Crippen molar-refractivity contribution in [3.63, 3.8) is 0 Å². The Hall–Kier alpha value is -1.98. The fourth-order valence-electron chi connectivity index (χ4n) is 1.85. The van der Waals surface area contributed by atoms with Crippen molar-refractivity contribution in [2.24, 2.45) is 5.73 Å². The summed E-state index contributed by atoms with van der Waals surface area (Å²) in [5.74, 6) is -1.16. The van der Waals surface area contributed by atoms with E-state index in [1.165, 1.54) is 35.2 Å². The van der Waals surface area contributed by atoms with Gasteiger partial charge in [-0.05, 0) is 30.3 Å². The molecule has 21 heavy (non-hydrogen) atoms. The maximum Gasteiger partial charge on any atom is 0.241 e. The molecule has 112 valence electrons. The number of carbonyl (C=O) groups is 1. The van der Waals surface area contributed by atoms with Gasteiger partial charge in [0.1, 0.15) is 11.6 Å². The van der Waals surface area contributed by atoms with E-state index in [4.69, 9.17) is 5.73 Å². The number of nitrogens with two attached hydrogens (primary N) is 1. The average Bonchev–Trinajstić information content (AvgIpc) is 2.47. The van der Waals surface area contributed by atoms with Crippen LogP contribution < -0.4 is 10.6 Å². The summed E-state index contributed by atoms with van der Waals surface area (Å²) in [6, 6.07) is 11.6. The molecule has 0 radical (unpaired) electrons. The lowest BCUT2D eigenvalue weighted by Gasteiger charge is -2.22. The summed E-state index contributed by atoms with van der Waals surface area (Å²) in [6.45, 7) is -0.153. The third-order valence-corrected chi connectivity index (χ3v) is 2.90. The van der Waals surface area contributed by atoms with Crippen molar-refractivity contribution in [2.75, 3.05) is 11.4 Å². The van der Waals surface area contributed by atoms with Gasteiger partial charge in [0, 0.05) is 11.3 Å². The van der Waals surface area contributed by atoms with E-state index in [1.807, 2.05) is 0 Å². The molecular weight excluding hydrogens is 298 g/mol. The SMILES string of the molecule is Cl.NCC(=O)N(Cc1ccccc1F)c1ccc(F)cc1. The van der Waals surface area contributed by atoms with Crippen molar-refractivity contribution >= 4 is 24.0 Å². The van der Waals surface area contributed by atoms with Gasteiger partial charge in [-0.2, -0.15) is 0 Å². The quantitative estimate of drug-likeness (QED) is 0.943. The van der Waals surface area contributed by atoms with Crippen LogP contribution >= 0.6 is 12.4 Å². The highest BCUT2D eigenvalue weighted by Crippen LogP contribution is 2.19. The second-order valence-corrected chi connectivity index (χ2v) is 4.25. The highest BCUT2D eigenvalue weighted by molar-refractivity contribution is 5.94. The van der Waals surface area contributed by atoms with Crippen LogP contribution in [0.3, 0.4) is 0 Å². The summed E-state index contributed by atoms with van der Waals surface area (Å²) in [5.41, 5.74) is 6.22. The van der Waals surface area contributed by atoms with Gasteiger partial charge in [0.2, 0.25) is 5.91 Å². The molecular formula is C15H15ClF2N2O. The molecule has 0 aliphatic heterocycles. The van der Waals surface area contributed by atoms with Crippen molar-refractivity contribution in [3.05, 3.63) is 65.7 Å². The fourth-order valence-corrected chi connectivity index (χ4v) is 1.85. The Bertz CT molecular complexity index is 605. The topological polar surface area (TPSA) is 46.3 Å². The van der Waals surface area contributed by atoms with Crippen LogP contribution in [0.15, 0.2) is 48.5 Å². The number of hydrogen-bond donors (Lipinski definition) is 1. The maximum atomic E-state index is 13.7. The Morgan fingerprint density at radius 2 is 1.67 bits per heavy atom. The van der Waals surface area contributed by atoms with Gasteiger partial charge in [0.05, 0.1) is 13.1 Å². The number of nitrogens with zero attached hydrogens (tertiary/aromatic N) is 1. The van der Waals surface area contributed by atoms with Crippen LogP contribution in [-0.2, 0) is 11.3 Å². The molecule has 0 heterocycles. The van der Waals surface area contributed by atoms with Gasteiger partial charge in [-0.25, -0.2) is 8.78 Å². The van der Waals surface area contributed by atoms with Crippen LogP contribution in [0.5, 0.6) is 0 Å². The molecule has 0 bridgehead atoms. The van der Waals surface area contributed by atoms with Gasteiger partial charge < -0.3 is 10.6 Å². The summed E-state index contributed by atoms with van der Waals surface area (Å²) in [7, 11) is 0. The molecule has 2 N–H and O–H groups in total. The second kappa shape index (κ2) is 7.71. The van der Waals surface area contributed by atoms with E-state index in [-0.39, 0.29) is 31.4 Å². The van der Waals surface area contributed by atoms with Gasteiger partial charge in [-0.1, -0.05) is 18.2 Å². The zero-order valence-corrected chi connectivity index (χ0v) is 11.9. The molecule has 3 nitrogen and oxygen atoms in total. The molecule has 0 unspecified atom stereocenters. The van der Waals surface area contributed by atoms with Crippen molar-refractivity contribution in [1.29, 1.82) is 0 Å². The molecule has 0 aromatic heterocycles. The van der Waals surface area contributed by atoms with E-state index >= 15 is 0 Å². The van der Waals surface area contributed by atoms with Gasteiger partial charge >= 0.3 is 0 Å². The lowest BCUT2D eigenvalue weighted by Crippen LogP contribution is -2.35. The first-order valence-electron chi connectivity index (χ1n) is 6.11. The molecule has 0 saturated heterocycles. The molecule has 2 rings (SSSR count). The maximum absolute atomic E-state index is 13.7. The van der Waals surface area contributed by atoms with Crippen LogP contribution in [0.25, 0.3) is 0 Å². The monoisotopic (exact) mass is 312 g/mol. The molecule has 1 amide bonds. The standard InChI is InChI=1S/C15H14F2N2O.ClH/c16-12-5-7-13(8-6-12)19(15(20)9-18)10-11-3-1-2-4-14(11)17;/h1-8H,9-10,18H2;1H. The molecule has 0 fully saturated rings. The van der Waals surface area contributed by atoms with Crippen LogP contribution in [0.2, 0.25) is 0 Å². The lowest BCUT2D eigenvalue weighted by molar-refractivity contribution is -0.117. The third-order valence-electron chi connectivity index (χ3n) is 2.90. The summed E-state index contributed by atoms with van der Waals surface area (Å²) in [4.78, 5) is 13.2. The molecule has 0 atom stereocenters. The Kier molecular flexibility index (Phi) is 6.27. The molecule has 0 saturated carbocycles. The second-order valence-electron chi connectivity index (χ2n) is 4.25. The van der Waals surface area contributed by atoms with Crippen LogP contribution in [0.1, 0.15) is 5.56 Å². The average molecular weight is 313 g/mol. The number of halogens is 3. The summed E-state index contributed by atoms with van der Waals surface area (Å²) >= 11 is 0. The van der Waals surface area contributed by atoms with Crippen molar-refractivity contribution < 1.29 is 13.6 Å². The Morgan fingerprint density at radius 1 is 1.05 bits per heavy atom. The van der Waals surface area contributed by atoms with Gasteiger partial charge in [-0.15, -0.1) is 12.4 Å². The van der Waals surface area contributed by atoms with E-state index in [1.54, 1.807) is 18.2 Å². The number of benzene rings is 2. The molecule has 2 aromatic carbocycles. The summed E-state index contributed by atoms with van der Waals surface area (Å²) in [5, 5.41) is 0. The minimum atomic E-state index is -0.403. The van der Waals surface area contributed by atoms with Gasteiger partial charge in [0.25, 0.3) is 0 Å². The lowest BCUT2D eigenvalue weighted by atomic mass is 10.1. The van der Waals surface area contributed by atoms with E-state index in [0.717, 1.165) is 0 Å². The summed E-state index contributed by atoms with van der Waals surface area (Å²) in [6.07, 6.45) is 0. The van der Waals surface area contributed by atoms with E-state index in [9.17, 15) is 13.6 Å². The number of carbonyl (C=O) groups excluding carboxylic acids is 1. The van der Waals surface area contributed by atoms with Crippen molar-refractivity contribution in [2.45, 2.75) is 6.54 Å². The van der Waals surface area contributed by atoms with Crippen LogP contribution in [0, 0.1) is 11.6 Å². The smallest absolute Gasteiger partial charge is 0.241 e. The fraction of sp³-hybridized carbons (Fsp3) is 0.133. The summed E-state index contributed by atoms with van der Waals surface area (Å²) < 4.78 is 26.6. The normalized spacial score (nSPS) is 9.86. The molecule has 6 heteroatoms. The Balaban J connectivity index is 0.00000220. The largest absolute Gasteiger partial charge is 0.322 e. The van der Waals surface area contributed by atoms with E-state index < -0.39 is 11.6 Å². The minimum absolute atomic E-state index is 0. The number of anilines is 1. The highest BCUT2D eigenvalue weighted by Gasteiger charge is 2.16. The zero-order valence-electron chi connectivity index (χ0n) is 11.1.